The van der Waals surface area contributed by atoms with Gasteiger partial charge in [0.05, 0.1) is 5.41 Å². The van der Waals surface area contributed by atoms with Crippen molar-refractivity contribution in [1.29, 1.82) is 0 Å². The number of aromatic nitrogens is 1. The maximum absolute atomic E-state index is 12.3. The zero-order valence-electron chi connectivity index (χ0n) is 19.0. The van der Waals surface area contributed by atoms with Crippen molar-refractivity contribution in [3.8, 4) is 11.8 Å². The molecule has 0 saturated heterocycles. The highest BCUT2D eigenvalue weighted by Gasteiger charge is 2.51. The summed E-state index contributed by atoms with van der Waals surface area (Å²) in [6, 6.07) is 20.8. The Hall–Kier alpha value is -4.57. The minimum absolute atomic E-state index is 0.143. The SMILES string of the molecule is Cc1noc(C#Cc2ccc3cc(C4(C(=O)O)CC4)ccc3c2)c1NC(=O)OCc1ccccc1. The molecular formula is C28H22N2O5. The van der Waals surface area contributed by atoms with E-state index in [9.17, 15) is 14.7 Å². The van der Waals surface area contributed by atoms with Gasteiger partial charge in [0.15, 0.2) is 0 Å². The highest BCUT2D eigenvalue weighted by Crippen LogP contribution is 2.48. The van der Waals surface area contributed by atoms with Gasteiger partial charge in [-0.3, -0.25) is 10.1 Å². The quantitative estimate of drug-likeness (QED) is 0.382. The van der Waals surface area contributed by atoms with Gasteiger partial charge in [0.2, 0.25) is 5.76 Å². The molecule has 1 amide bonds. The monoisotopic (exact) mass is 466 g/mol. The number of amides is 1. The average Bonchev–Trinajstić information content (AvgIpc) is 3.62. The van der Waals surface area contributed by atoms with Crippen LogP contribution in [0.2, 0.25) is 0 Å². The zero-order chi connectivity index (χ0) is 24.4. The number of carboxylic acids is 1. The van der Waals surface area contributed by atoms with E-state index in [1.54, 1.807) is 6.92 Å². The number of anilines is 1. The van der Waals surface area contributed by atoms with E-state index in [0.29, 0.717) is 24.2 Å². The van der Waals surface area contributed by atoms with Crippen LogP contribution in [0.3, 0.4) is 0 Å². The van der Waals surface area contributed by atoms with Crippen molar-refractivity contribution in [1.82, 2.24) is 5.16 Å². The lowest BCUT2D eigenvalue weighted by molar-refractivity contribution is -0.140. The predicted octanol–water partition coefficient (Wildman–Crippen LogP) is 5.40. The molecule has 2 N–H and O–H groups in total. The first-order valence-corrected chi connectivity index (χ1v) is 11.2. The van der Waals surface area contributed by atoms with Crippen LogP contribution in [0.15, 0.2) is 71.3 Å². The van der Waals surface area contributed by atoms with Crippen LogP contribution in [0.4, 0.5) is 10.5 Å². The lowest BCUT2D eigenvalue weighted by atomic mass is 9.93. The van der Waals surface area contributed by atoms with Crippen molar-refractivity contribution in [3.05, 3.63) is 94.9 Å². The molecule has 0 aliphatic heterocycles. The van der Waals surface area contributed by atoms with E-state index in [1.165, 1.54) is 0 Å². The number of hydrogen-bond acceptors (Lipinski definition) is 5. The Labute approximate surface area is 201 Å². The molecule has 5 rings (SSSR count). The smallest absolute Gasteiger partial charge is 0.412 e. The summed E-state index contributed by atoms with van der Waals surface area (Å²) in [4.78, 5) is 23.9. The number of rotatable bonds is 5. The van der Waals surface area contributed by atoms with Crippen LogP contribution in [0.5, 0.6) is 0 Å². The number of fused-ring (bicyclic) bond motifs is 1. The van der Waals surface area contributed by atoms with Crippen molar-refractivity contribution in [2.45, 2.75) is 31.8 Å². The van der Waals surface area contributed by atoms with Crippen LogP contribution in [0.1, 0.15) is 41.0 Å². The Morgan fingerprint density at radius 3 is 2.54 bits per heavy atom. The summed E-state index contributed by atoms with van der Waals surface area (Å²) in [6.07, 6.45) is 0.716. The Morgan fingerprint density at radius 1 is 1.06 bits per heavy atom. The number of aryl methyl sites for hydroxylation is 1. The molecule has 4 aromatic rings. The van der Waals surface area contributed by atoms with Crippen LogP contribution in [-0.2, 0) is 21.6 Å². The highest BCUT2D eigenvalue weighted by molar-refractivity contribution is 5.90. The molecule has 0 radical (unpaired) electrons. The lowest BCUT2D eigenvalue weighted by Crippen LogP contribution is -2.19. The van der Waals surface area contributed by atoms with Crippen LogP contribution < -0.4 is 5.32 Å². The molecule has 1 aromatic heterocycles. The van der Waals surface area contributed by atoms with Crippen molar-refractivity contribution >= 4 is 28.5 Å². The number of benzene rings is 3. The van der Waals surface area contributed by atoms with E-state index in [1.807, 2.05) is 66.7 Å². The fraction of sp³-hybridized carbons (Fsp3) is 0.179. The molecule has 1 heterocycles. The van der Waals surface area contributed by atoms with E-state index in [2.05, 4.69) is 22.3 Å². The number of carbonyl (C=O) groups is 2. The predicted molar refractivity (Wildman–Crippen MR) is 130 cm³/mol. The minimum Gasteiger partial charge on any atom is -0.481 e. The lowest BCUT2D eigenvalue weighted by Gasteiger charge is -2.11. The number of hydrogen-bond donors (Lipinski definition) is 2. The Bertz CT molecular complexity index is 1490. The maximum atomic E-state index is 12.3. The highest BCUT2D eigenvalue weighted by atomic mass is 16.5. The van der Waals surface area contributed by atoms with Gasteiger partial charge in [0.1, 0.15) is 18.0 Å². The molecular weight excluding hydrogens is 444 g/mol. The topological polar surface area (TPSA) is 102 Å². The number of nitrogens with zero attached hydrogens (tertiary/aromatic N) is 1. The summed E-state index contributed by atoms with van der Waals surface area (Å²) in [5.41, 5.74) is 2.58. The van der Waals surface area contributed by atoms with E-state index in [4.69, 9.17) is 9.26 Å². The van der Waals surface area contributed by atoms with Crippen LogP contribution in [0.25, 0.3) is 10.8 Å². The average molecular weight is 466 g/mol. The molecule has 7 heteroatoms. The Balaban J connectivity index is 1.31. The first-order valence-electron chi connectivity index (χ1n) is 11.2. The summed E-state index contributed by atoms with van der Waals surface area (Å²) < 4.78 is 10.6. The Kier molecular flexibility index (Phi) is 5.71. The molecule has 3 aromatic carbocycles. The number of aliphatic carboxylic acids is 1. The summed E-state index contributed by atoms with van der Waals surface area (Å²) >= 11 is 0. The third-order valence-electron chi connectivity index (χ3n) is 6.18. The van der Waals surface area contributed by atoms with Gasteiger partial charge in [-0.05, 0) is 59.7 Å². The molecule has 0 unspecified atom stereocenters. The van der Waals surface area contributed by atoms with Gasteiger partial charge in [-0.15, -0.1) is 0 Å². The minimum atomic E-state index is -0.768. The zero-order valence-corrected chi connectivity index (χ0v) is 19.0. The fourth-order valence-electron chi connectivity index (χ4n) is 3.96. The molecule has 1 aliphatic carbocycles. The van der Waals surface area contributed by atoms with Gasteiger partial charge in [-0.2, -0.15) is 0 Å². The normalized spacial score (nSPS) is 13.5. The molecule has 1 saturated carbocycles. The maximum Gasteiger partial charge on any atom is 0.412 e. The summed E-state index contributed by atoms with van der Waals surface area (Å²) in [5, 5.41) is 18.0. The Morgan fingerprint density at radius 2 is 1.80 bits per heavy atom. The fourth-order valence-corrected chi connectivity index (χ4v) is 3.96. The van der Waals surface area contributed by atoms with Gasteiger partial charge in [-0.25, -0.2) is 4.79 Å². The molecule has 1 aliphatic rings. The molecule has 35 heavy (non-hydrogen) atoms. The van der Waals surface area contributed by atoms with Gasteiger partial charge < -0.3 is 14.4 Å². The second-order valence-corrected chi connectivity index (χ2v) is 8.57. The van der Waals surface area contributed by atoms with E-state index < -0.39 is 17.5 Å². The second-order valence-electron chi connectivity index (χ2n) is 8.57. The standard InChI is InChI=1S/C28H22N2O5/c1-18-25(29-27(33)34-17-20-5-3-2-4-6-20)24(35-30-18)12-8-19-7-9-22-16-23(11-10-21(22)15-19)28(13-14-28)26(31)32/h2-7,9-11,15-16H,13-14,17H2,1H3,(H,29,33)(H,31,32). The summed E-state index contributed by atoms with van der Waals surface area (Å²) in [5.74, 6) is 5.43. The second kappa shape index (κ2) is 8.99. The molecule has 0 atom stereocenters. The largest absolute Gasteiger partial charge is 0.481 e. The van der Waals surface area contributed by atoms with Crippen LogP contribution >= 0.6 is 0 Å². The van der Waals surface area contributed by atoms with Crippen molar-refractivity contribution in [2.75, 3.05) is 5.32 Å². The van der Waals surface area contributed by atoms with Crippen molar-refractivity contribution in [2.24, 2.45) is 0 Å². The molecule has 174 valence electrons. The third kappa shape index (κ3) is 4.59. The van der Waals surface area contributed by atoms with Gasteiger partial charge in [0, 0.05) is 5.56 Å². The first-order chi connectivity index (χ1) is 16.9. The van der Waals surface area contributed by atoms with E-state index in [-0.39, 0.29) is 12.4 Å². The van der Waals surface area contributed by atoms with Crippen LogP contribution in [-0.4, -0.2) is 22.3 Å². The van der Waals surface area contributed by atoms with Crippen LogP contribution in [0, 0.1) is 18.8 Å². The summed E-state index contributed by atoms with van der Waals surface area (Å²) in [7, 11) is 0. The molecule has 0 bridgehead atoms. The van der Waals surface area contributed by atoms with Crippen molar-refractivity contribution in [3.63, 3.8) is 0 Å². The van der Waals surface area contributed by atoms with Gasteiger partial charge in [-0.1, -0.05) is 65.7 Å². The van der Waals surface area contributed by atoms with Gasteiger partial charge >= 0.3 is 12.1 Å². The van der Waals surface area contributed by atoms with Gasteiger partial charge in [0.25, 0.3) is 0 Å². The number of carboxylic acid groups (broad SMARTS) is 1. The number of ether oxygens (including phenoxy) is 1. The van der Waals surface area contributed by atoms with E-state index >= 15 is 0 Å². The number of carbonyl (C=O) groups excluding carboxylic acids is 1. The molecule has 1 fully saturated rings. The number of nitrogens with one attached hydrogen (secondary N) is 1. The molecule has 7 nitrogen and oxygen atoms in total. The van der Waals surface area contributed by atoms with Crippen molar-refractivity contribution < 1.29 is 24.0 Å². The summed E-state index contributed by atoms with van der Waals surface area (Å²) in [6.45, 7) is 1.85. The molecule has 0 spiro atoms. The first kappa shape index (κ1) is 22.2. The van der Waals surface area contributed by atoms with E-state index in [0.717, 1.165) is 27.5 Å². The third-order valence-corrected chi connectivity index (χ3v) is 6.18.